The number of carbonyl (C=O) groups excluding carboxylic acids is 2. The third-order valence-corrected chi connectivity index (χ3v) is 4.11. The van der Waals surface area contributed by atoms with E-state index in [-0.39, 0.29) is 11.9 Å². The van der Waals surface area contributed by atoms with Gasteiger partial charge in [-0.1, -0.05) is 60.7 Å². The van der Waals surface area contributed by atoms with E-state index in [9.17, 15) is 9.59 Å². The Morgan fingerprint density at radius 2 is 1.62 bits per heavy atom. The molecule has 1 heterocycles. The highest BCUT2D eigenvalue weighted by molar-refractivity contribution is 5.88. The first-order valence-corrected chi connectivity index (χ1v) is 8.13. The number of benzene rings is 2. The largest absolute Gasteiger partial charge is 0.336 e. The Labute approximate surface area is 141 Å². The Kier molecular flexibility index (Phi) is 5.11. The minimum absolute atomic E-state index is 0.0197. The van der Waals surface area contributed by atoms with Crippen molar-refractivity contribution in [3.05, 3.63) is 71.8 Å². The van der Waals surface area contributed by atoms with Gasteiger partial charge in [-0.25, -0.2) is 4.79 Å². The van der Waals surface area contributed by atoms with Gasteiger partial charge < -0.3 is 15.5 Å². The van der Waals surface area contributed by atoms with E-state index in [1.807, 2.05) is 60.7 Å². The maximum Gasteiger partial charge on any atom is 0.315 e. The number of nitrogens with one attached hydrogen (secondary N) is 2. The van der Waals surface area contributed by atoms with Crippen molar-refractivity contribution in [3.63, 3.8) is 0 Å². The van der Waals surface area contributed by atoms with Crippen LogP contribution in [0.1, 0.15) is 17.5 Å². The van der Waals surface area contributed by atoms with Crippen LogP contribution in [-0.4, -0.2) is 29.4 Å². The molecule has 0 spiro atoms. The first kappa shape index (κ1) is 16.1. The number of hydrogen-bond acceptors (Lipinski definition) is 2. The fourth-order valence-electron chi connectivity index (χ4n) is 2.82. The summed E-state index contributed by atoms with van der Waals surface area (Å²) >= 11 is 0. The normalized spacial score (nSPS) is 16.9. The second-order valence-electron chi connectivity index (χ2n) is 5.90. The molecule has 5 nitrogen and oxygen atoms in total. The molecule has 0 bridgehead atoms. The van der Waals surface area contributed by atoms with Crippen LogP contribution >= 0.6 is 0 Å². The molecule has 1 unspecified atom stereocenters. The summed E-state index contributed by atoms with van der Waals surface area (Å²) in [7, 11) is 0. The number of amides is 3. The molecule has 1 atom stereocenters. The van der Waals surface area contributed by atoms with Crippen LogP contribution in [0.4, 0.5) is 4.79 Å². The van der Waals surface area contributed by atoms with Gasteiger partial charge >= 0.3 is 6.03 Å². The van der Waals surface area contributed by atoms with Crippen LogP contribution in [0, 0.1) is 0 Å². The summed E-state index contributed by atoms with van der Waals surface area (Å²) in [6, 6.07) is 18.8. The average Bonchev–Trinajstić information content (AvgIpc) is 2.95. The summed E-state index contributed by atoms with van der Waals surface area (Å²) < 4.78 is 0. The van der Waals surface area contributed by atoms with E-state index in [1.54, 1.807) is 4.90 Å². The molecule has 0 aliphatic carbocycles. The molecule has 0 saturated carbocycles. The number of nitrogens with zero attached hydrogens (tertiary/aromatic N) is 1. The van der Waals surface area contributed by atoms with Gasteiger partial charge in [-0.05, 0) is 17.5 Å². The van der Waals surface area contributed by atoms with E-state index in [2.05, 4.69) is 10.6 Å². The van der Waals surface area contributed by atoms with Gasteiger partial charge in [0.15, 0.2) is 0 Å². The Morgan fingerprint density at radius 1 is 1.00 bits per heavy atom. The van der Waals surface area contributed by atoms with Gasteiger partial charge in [-0.2, -0.15) is 0 Å². The van der Waals surface area contributed by atoms with Crippen LogP contribution in [0.2, 0.25) is 0 Å². The summed E-state index contributed by atoms with van der Waals surface area (Å²) in [5.74, 6) is -0.0197. The maximum absolute atomic E-state index is 12.4. The van der Waals surface area contributed by atoms with Gasteiger partial charge in [0.05, 0.1) is 0 Å². The van der Waals surface area contributed by atoms with Gasteiger partial charge in [-0.15, -0.1) is 0 Å². The van der Waals surface area contributed by atoms with E-state index in [0.29, 0.717) is 26.1 Å². The molecule has 1 fully saturated rings. The maximum atomic E-state index is 12.4. The molecule has 5 heteroatoms. The number of carbonyl (C=O) groups is 2. The van der Waals surface area contributed by atoms with Crippen molar-refractivity contribution in [1.29, 1.82) is 0 Å². The summed E-state index contributed by atoms with van der Waals surface area (Å²) in [6.07, 6.45) is 0.643. The lowest BCUT2D eigenvalue weighted by Gasteiger charge is -2.17. The van der Waals surface area contributed by atoms with Crippen LogP contribution < -0.4 is 10.6 Å². The van der Waals surface area contributed by atoms with Crippen LogP contribution in [0.5, 0.6) is 0 Å². The van der Waals surface area contributed by atoms with Gasteiger partial charge in [0.25, 0.3) is 0 Å². The predicted molar refractivity (Wildman–Crippen MR) is 92.1 cm³/mol. The molecule has 1 saturated heterocycles. The second-order valence-corrected chi connectivity index (χ2v) is 5.90. The second kappa shape index (κ2) is 7.64. The fourth-order valence-corrected chi connectivity index (χ4v) is 2.82. The molecular weight excluding hydrogens is 302 g/mol. The molecule has 2 aromatic rings. The first-order valence-electron chi connectivity index (χ1n) is 8.13. The molecule has 1 aliphatic rings. The molecule has 3 rings (SSSR count). The van der Waals surface area contributed by atoms with Crippen molar-refractivity contribution in [1.82, 2.24) is 15.5 Å². The van der Waals surface area contributed by atoms with Crippen molar-refractivity contribution in [2.75, 3.05) is 6.54 Å². The molecule has 1 aliphatic heterocycles. The Balaban J connectivity index is 1.47. The summed E-state index contributed by atoms with van der Waals surface area (Å²) in [6.45, 7) is 1.70. The van der Waals surface area contributed by atoms with E-state index >= 15 is 0 Å². The van der Waals surface area contributed by atoms with Gasteiger partial charge in [0.2, 0.25) is 5.91 Å². The van der Waals surface area contributed by atoms with Crippen molar-refractivity contribution < 1.29 is 9.59 Å². The SMILES string of the molecule is O=C(NCc1ccccc1)NC1CCN(Cc2ccccc2)C1=O. The molecular formula is C19H21N3O2. The molecule has 2 aromatic carbocycles. The highest BCUT2D eigenvalue weighted by Gasteiger charge is 2.32. The lowest BCUT2D eigenvalue weighted by atomic mass is 10.2. The van der Waals surface area contributed by atoms with Crippen LogP contribution in [0.3, 0.4) is 0 Å². The van der Waals surface area contributed by atoms with E-state index in [0.717, 1.165) is 11.1 Å². The molecule has 124 valence electrons. The standard InChI is InChI=1S/C19H21N3O2/c23-18-17(11-12-22(18)14-16-9-5-2-6-10-16)21-19(24)20-13-15-7-3-1-4-8-15/h1-10,17H,11-14H2,(H2,20,21,24). The minimum atomic E-state index is -0.440. The van der Waals surface area contributed by atoms with Crippen LogP contribution in [0.15, 0.2) is 60.7 Å². The third kappa shape index (κ3) is 4.13. The smallest absolute Gasteiger partial charge is 0.315 e. The summed E-state index contributed by atoms with van der Waals surface area (Å²) in [4.78, 5) is 26.2. The van der Waals surface area contributed by atoms with E-state index in [1.165, 1.54) is 0 Å². The lowest BCUT2D eigenvalue weighted by Crippen LogP contribution is -2.45. The zero-order chi connectivity index (χ0) is 16.8. The topological polar surface area (TPSA) is 61.4 Å². The quantitative estimate of drug-likeness (QED) is 0.887. The zero-order valence-electron chi connectivity index (χ0n) is 13.4. The lowest BCUT2D eigenvalue weighted by molar-refractivity contribution is -0.129. The summed E-state index contributed by atoms with van der Waals surface area (Å²) in [5, 5.41) is 5.56. The minimum Gasteiger partial charge on any atom is -0.336 e. The molecule has 24 heavy (non-hydrogen) atoms. The zero-order valence-corrected chi connectivity index (χ0v) is 13.4. The third-order valence-electron chi connectivity index (χ3n) is 4.11. The highest BCUT2D eigenvalue weighted by Crippen LogP contribution is 2.15. The van der Waals surface area contributed by atoms with Crippen LogP contribution in [0.25, 0.3) is 0 Å². The van der Waals surface area contributed by atoms with E-state index < -0.39 is 6.04 Å². The number of urea groups is 1. The van der Waals surface area contributed by atoms with Crippen molar-refractivity contribution in [2.24, 2.45) is 0 Å². The number of hydrogen-bond donors (Lipinski definition) is 2. The highest BCUT2D eigenvalue weighted by atomic mass is 16.2. The Bertz CT molecular complexity index is 688. The summed E-state index contributed by atoms with van der Waals surface area (Å²) in [5.41, 5.74) is 2.12. The van der Waals surface area contributed by atoms with Crippen LogP contribution in [-0.2, 0) is 17.9 Å². The molecule has 2 N–H and O–H groups in total. The fraction of sp³-hybridized carbons (Fsp3) is 0.263. The number of rotatable bonds is 5. The van der Waals surface area contributed by atoms with Gasteiger partial charge in [0.1, 0.15) is 6.04 Å². The number of likely N-dealkylation sites (tertiary alicyclic amines) is 1. The Morgan fingerprint density at radius 3 is 2.29 bits per heavy atom. The van der Waals surface area contributed by atoms with Gasteiger partial charge in [-0.3, -0.25) is 4.79 Å². The first-order chi connectivity index (χ1) is 11.7. The molecule has 0 radical (unpaired) electrons. The van der Waals surface area contributed by atoms with Gasteiger partial charge in [0, 0.05) is 19.6 Å². The molecule has 3 amide bonds. The average molecular weight is 323 g/mol. The molecule has 0 aromatic heterocycles. The van der Waals surface area contributed by atoms with Crippen molar-refractivity contribution in [2.45, 2.75) is 25.6 Å². The monoisotopic (exact) mass is 323 g/mol. The van der Waals surface area contributed by atoms with Crippen molar-refractivity contribution >= 4 is 11.9 Å². The van der Waals surface area contributed by atoms with Crippen molar-refractivity contribution in [3.8, 4) is 0 Å². The van der Waals surface area contributed by atoms with E-state index in [4.69, 9.17) is 0 Å². The predicted octanol–water partition coefficient (Wildman–Crippen LogP) is 2.29. The Hall–Kier alpha value is -2.82.